The molecule has 21 heavy (non-hydrogen) atoms. The van der Waals surface area contributed by atoms with Crippen molar-refractivity contribution in [2.75, 3.05) is 5.32 Å². The van der Waals surface area contributed by atoms with Gasteiger partial charge in [0.25, 0.3) is 0 Å². The number of pyridine rings is 1. The number of hydrogen-bond donors (Lipinski definition) is 1. The smallest absolute Gasteiger partial charge is 0.131 e. The van der Waals surface area contributed by atoms with E-state index in [9.17, 15) is 0 Å². The summed E-state index contributed by atoms with van der Waals surface area (Å²) in [5.74, 6) is 0. The van der Waals surface area contributed by atoms with E-state index in [2.05, 4.69) is 58.8 Å². The van der Waals surface area contributed by atoms with Crippen molar-refractivity contribution in [3.8, 4) is 11.1 Å². The van der Waals surface area contributed by atoms with Crippen LogP contribution in [0, 0.1) is 0 Å². The van der Waals surface area contributed by atoms with Gasteiger partial charge in [0.15, 0.2) is 0 Å². The maximum Gasteiger partial charge on any atom is 0.131 e. The molecule has 1 aliphatic rings. The average Bonchev–Trinajstić information content (AvgIpc) is 2.83. The Hall–Kier alpha value is -2.32. The summed E-state index contributed by atoms with van der Waals surface area (Å²) in [6, 6.07) is 21.0. The van der Waals surface area contributed by atoms with E-state index >= 15 is 0 Å². The molecule has 2 aromatic carbocycles. The molecule has 0 saturated carbocycles. The van der Waals surface area contributed by atoms with Crippen molar-refractivity contribution in [2.24, 2.45) is 0 Å². The Morgan fingerprint density at radius 2 is 1.48 bits per heavy atom. The van der Waals surface area contributed by atoms with Crippen molar-refractivity contribution < 1.29 is 0 Å². The molecule has 0 spiro atoms. The molecule has 0 unspecified atom stereocenters. The van der Waals surface area contributed by atoms with Crippen molar-refractivity contribution >= 4 is 17.3 Å². The van der Waals surface area contributed by atoms with Crippen LogP contribution in [-0.4, -0.2) is 4.98 Å². The standard InChI is InChI=1S/C18H13ClN2/c19-17-11-12(9-10-20-17)21-18-15-7-3-1-5-13(15)14-6-2-4-8-16(14)18/h1-11,18H,(H,20,21). The van der Waals surface area contributed by atoms with Crippen LogP contribution in [0.1, 0.15) is 17.2 Å². The normalized spacial score (nSPS) is 12.8. The Morgan fingerprint density at radius 3 is 2.10 bits per heavy atom. The fourth-order valence-corrected chi connectivity index (χ4v) is 3.14. The Bertz CT molecular complexity index is 768. The maximum absolute atomic E-state index is 5.98. The Morgan fingerprint density at radius 1 is 0.857 bits per heavy atom. The molecule has 102 valence electrons. The second kappa shape index (κ2) is 4.90. The topological polar surface area (TPSA) is 24.9 Å². The van der Waals surface area contributed by atoms with Crippen LogP contribution < -0.4 is 5.32 Å². The molecule has 0 saturated heterocycles. The van der Waals surface area contributed by atoms with Gasteiger partial charge in [-0.05, 0) is 34.4 Å². The number of aromatic nitrogens is 1. The van der Waals surface area contributed by atoms with E-state index in [1.165, 1.54) is 22.3 Å². The third-order valence-electron chi connectivity index (χ3n) is 3.87. The highest BCUT2D eigenvalue weighted by atomic mass is 35.5. The molecule has 2 nitrogen and oxygen atoms in total. The maximum atomic E-state index is 5.98. The van der Waals surface area contributed by atoms with Gasteiger partial charge in [-0.2, -0.15) is 0 Å². The summed E-state index contributed by atoms with van der Waals surface area (Å²) in [5, 5.41) is 4.07. The molecule has 0 fully saturated rings. The monoisotopic (exact) mass is 292 g/mol. The summed E-state index contributed by atoms with van der Waals surface area (Å²) in [6.45, 7) is 0. The second-order valence-electron chi connectivity index (χ2n) is 5.12. The predicted octanol–water partition coefficient (Wildman–Crippen LogP) is 4.92. The average molecular weight is 293 g/mol. The van der Waals surface area contributed by atoms with E-state index < -0.39 is 0 Å². The minimum atomic E-state index is 0.149. The van der Waals surface area contributed by atoms with Crippen LogP contribution in [0.2, 0.25) is 5.15 Å². The zero-order chi connectivity index (χ0) is 14.2. The van der Waals surface area contributed by atoms with E-state index in [0.717, 1.165) is 5.69 Å². The van der Waals surface area contributed by atoms with Crippen LogP contribution in [0.25, 0.3) is 11.1 Å². The van der Waals surface area contributed by atoms with Crippen LogP contribution in [-0.2, 0) is 0 Å². The number of hydrogen-bond acceptors (Lipinski definition) is 2. The van der Waals surface area contributed by atoms with Crippen LogP contribution in [0.5, 0.6) is 0 Å². The van der Waals surface area contributed by atoms with Gasteiger partial charge in [0.1, 0.15) is 5.15 Å². The van der Waals surface area contributed by atoms with Gasteiger partial charge in [0, 0.05) is 11.9 Å². The first-order valence-corrected chi connectivity index (χ1v) is 7.27. The molecule has 1 aromatic heterocycles. The van der Waals surface area contributed by atoms with Gasteiger partial charge in [-0.15, -0.1) is 0 Å². The first-order chi connectivity index (χ1) is 10.3. The lowest BCUT2D eigenvalue weighted by Crippen LogP contribution is -2.09. The highest BCUT2D eigenvalue weighted by Gasteiger charge is 2.27. The molecule has 0 radical (unpaired) electrons. The highest BCUT2D eigenvalue weighted by Crippen LogP contribution is 2.44. The number of fused-ring (bicyclic) bond motifs is 3. The minimum Gasteiger partial charge on any atom is -0.374 e. The van der Waals surface area contributed by atoms with Gasteiger partial charge in [0.05, 0.1) is 6.04 Å². The summed E-state index contributed by atoms with van der Waals surface area (Å²) in [5.41, 5.74) is 6.17. The molecule has 0 atom stereocenters. The van der Waals surface area contributed by atoms with Crippen molar-refractivity contribution in [3.05, 3.63) is 83.1 Å². The second-order valence-corrected chi connectivity index (χ2v) is 5.51. The van der Waals surface area contributed by atoms with Gasteiger partial charge < -0.3 is 5.32 Å². The third-order valence-corrected chi connectivity index (χ3v) is 4.08. The molecule has 3 heteroatoms. The van der Waals surface area contributed by atoms with Gasteiger partial charge in [-0.1, -0.05) is 60.1 Å². The lowest BCUT2D eigenvalue weighted by molar-refractivity contribution is 0.972. The number of nitrogens with zero attached hydrogens (tertiary/aromatic N) is 1. The molecular formula is C18H13ClN2. The van der Waals surface area contributed by atoms with E-state index in [-0.39, 0.29) is 6.04 Å². The Labute approximate surface area is 128 Å². The molecular weight excluding hydrogens is 280 g/mol. The lowest BCUT2D eigenvalue weighted by atomic mass is 10.1. The lowest BCUT2D eigenvalue weighted by Gasteiger charge is -2.17. The number of anilines is 1. The van der Waals surface area contributed by atoms with Gasteiger partial charge >= 0.3 is 0 Å². The third kappa shape index (κ3) is 2.08. The van der Waals surface area contributed by atoms with Gasteiger partial charge in [-0.25, -0.2) is 4.98 Å². The molecule has 1 aliphatic carbocycles. The molecule has 1 N–H and O–H groups in total. The van der Waals surface area contributed by atoms with Crippen LogP contribution in [0.4, 0.5) is 5.69 Å². The zero-order valence-corrected chi connectivity index (χ0v) is 12.0. The van der Waals surface area contributed by atoms with Crippen molar-refractivity contribution in [2.45, 2.75) is 6.04 Å². The first-order valence-electron chi connectivity index (χ1n) is 6.89. The SMILES string of the molecule is Clc1cc(NC2c3ccccc3-c3ccccc32)ccn1. The van der Waals surface area contributed by atoms with E-state index in [0.29, 0.717) is 5.15 Å². The Balaban J connectivity index is 1.82. The zero-order valence-electron chi connectivity index (χ0n) is 11.3. The molecule has 0 amide bonds. The molecule has 0 bridgehead atoms. The molecule has 0 aliphatic heterocycles. The van der Waals surface area contributed by atoms with E-state index in [1.54, 1.807) is 6.20 Å². The predicted molar refractivity (Wildman–Crippen MR) is 86.6 cm³/mol. The first kappa shape index (κ1) is 12.4. The fraction of sp³-hybridized carbons (Fsp3) is 0.0556. The number of rotatable bonds is 2. The fourth-order valence-electron chi connectivity index (χ4n) is 2.97. The van der Waals surface area contributed by atoms with E-state index in [1.807, 2.05) is 12.1 Å². The summed E-state index contributed by atoms with van der Waals surface area (Å²) in [6.07, 6.45) is 1.72. The van der Waals surface area contributed by atoms with Crippen molar-refractivity contribution in [1.82, 2.24) is 4.98 Å². The van der Waals surface area contributed by atoms with Crippen LogP contribution >= 0.6 is 11.6 Å². The van der Waals surface area contributed by atoms with Crippen molar-refractivity contribution in [1.29, 1.82) is 0 Å². The summed E-state index contributed by atoms with van der Waals surface area (Å²) < 4.78 is 0. The minimum absolute atomic E-state index is 0.149. The Kier molecular flexibility index (Phi) is 2.90. The number of nitrogens with one attached hydrogen (secondary N) is 1. The van der Waals surface area contributed by atoms with Gasteiger partial charge in [-0.3, -0.25) is 0 Å². The largest absolute Gasteiger partial charge is 0.374 e. The van der Waals surface area contributed by atoms with Crippen molar-refractivity contribution in [3.63, 3.8) is 0 Å². The van der Waals surface area contributed by atoms with Crippen LogP contribution in [0.3, 0.4) is 0 Å². The van der Waals surface area contributed by atoms with Gasteiger partial charge in [0.2, 0.25) is 0 Å². The summed E-state index contributed by atoms with van der Waals surface area (Å²) in [7, 11) is 0. The van der Waals surface area contributed by atoms with E-state index in [4.69, 9.17) is 11.6 Å². The summed E-state index contributed by atoms with van der Waals surface area (Å²) >= 11 is 5.98. The number of halogens is 1. The van der Waals surface area contributed by atoms with Crippen LogP contribution in [0.15, 0.2) is 66.9 Å². The highest BCUT2D eigenvalue weighted by molar-refractivity contribution is 6.29. The molecule has 3 aromatic rings. The molecule has 4 rings (SSSR count). The number of benzene rings is 2. The summed E-state index contributed by atoms with van der Waals surface area (Å²) in [4.78, 5) is 4.03. The molecule has 1 heterocycles. The quantitative estimate of drug-likeness (QED) is 0.678.